The van der Waals surface area contributed by atoms with E-state index in [1.165, 1.54) is 0 Å². The predicted octanol–water partition coefficient (Wildman–Crippen LogP) is 2.90. The van der Waals surface area contributed by atoms with Crippen molar-refractivity contribution in [3.8, 4) is 11.5 Å². The van der Waals surface area contributed by atoms with Crippen LogP contribution >= 0.6 is 0 Å². The van der Waals surface area contributed by atoms with Gasteiger partial charge in [0.15, 0.2) is 0 Å². The first kappa shape index (κ1) is 12.5. The third-order valence-electron chi connectivity index (χ3n) is 3.34. The number of rotatable bonds is 4. The first-order valence-electron chi connectivity index (χ1n) is 6.55. The van der Waals surface area contributed by atoms with Crippen LogP contribution < -0.4 is 4.74 Å². The van der Waals surface area contributed by atoms with Crippen molar-refractivity contribution in [1.82, 2.24) is 9.78 Å². The summed E-state index contributed by atoms with van der Waals surface area (Å²) in [5.41, 5.74) is 1.14. The van der Waals surface area contributed by atoms with Gasteiger partial charge >= 0.3 is 0 Å². The highest BCUT2D eigenvalue weighted by Crippen LogP contribution is 2.24. The van der Waals surface area contributed by atoms with E-state index in [0.717, 1.165) is 28.6 Å². The van der Waals surface area contributed by atoms with Gasteiger partial charge in [-0.05, 0) is 41.1 Å². The molecule has 0 spiro atoms. The second-order valence-corrected chi connectivity index (χ2v) is 4.74. The van der Waals surface area contributed by atoms with Crippen LogP contribution in [0.4, 0.5) is 0 Å². The molecule has 2 aromatic carbocycles. The lowest BCUT2D eigenvalue weighted by molar-refractivity contribution is 0.319. The Bertz CT molecular complexity index is 734. The van der Waals surface area contributed by atoms with Crippen molar-refractivity contribution in [2.24, 2.45) is 7.05 Å². The fourth-order valence-corrected chi connectivity index (χ4v) is 2.22. The van der Waals surface area contributed by atoms with Gasteiger partial charge in [0.1, 0.15) is 11.5 Å². The average Bonchev–Trinajstić information content (AvgIpc) is 2.84. The number of benzene rings is 2. The largest absolute Gasteiger partial charge is 0.508 e. The van der Waals surface area contributed by atoms with Gasteiger partial charge in [-0.1, -0.05) is 12.1 Å². The number of phenols is 1. The third-order valence-corrected chi connectivity index (χ3v) is 3.34. The number of hydrogen-bond donors (Lipinski definition) is 1. The van der Waals surface area contributed by atoms with Crippen molar-refractivity contribution in [3.05, 3.63) is 54.4 Å². The molecule has 3 rings (SSSR count). The van der Waals surface area contributed by atoms with Crippen molar-refractivity contribution in [2.45, 2.75) is 6.42 Å². The van der Waals surface area contributed by atoms with Crippen LogP contribution in [0.2, 0.25) is 0 Å². The van der Waals surface area contributed by atoms with Crippen LogP contribution in [0.25, 0.3) is 10.8 Å². The quantitative estimate of drug-likeness (QED) is 0.791. The maximum absolute atomic E-state index is 9.50. The zero-order chi connectivity index (χ0) is 13.9. The molecule has 0 aliphatic heterocycles. The van der Waals surface area contributed by atoms with Crippen LogP contribution in [0.1, 0.15) is 5.69 Å². The summed E-state index contributed by atoms with van der Waals surface area (Å²) in [5, 5.41) is 15.7. The number of aryl methyl sites for hydroxylation is 1. The standard InChI is InChI=1S/C16H16N2O2/c1-18-14(6-8-17-18)7-9-20-16-5-3-12-2-4-15(19)10-13(12)11-16/h2-6,8,10-11,19H,7,9H2,1H3. The number of nitrogens with zero attached hydrogens (tertiary/aromatic N) is 2. The molecular formula is C16H16N2O2. The van der Waals surface area contributed by atoms with Gasteiger partial charge < -0.3 is 9.84 Å². The second kappa shape index (κ2) is 5.25. The summed E-state index contributed by atoms with van der Waals surface area (Å²) in [6.07, 6.45) is 2.60. The van der Waals surface area contributed by atoms with Gasteiger partial charge in [-0.15, -0.1) is 0 Å². The summed E-state index contributed by atoms with van der Waals surface area (Å²) in [4.78, 5) is 0. The highest BCUT2D eigenvalue weighted by molar-refractivity contribution is 5.85. The van der Waals surface area contributed by atoms with Crippen LogP contribution in [-0.4, -0.2) is 21.5 Å². The molecule has 3 aromatic rings. The molecule has 102 valence electrons. The van der Waals surface area contributed by atoms with E-state index in [1.807, 2.05) is 42.1 Å². The predicted molar refractivity (Wildman–Crippen MR) is 78.0 cm³/mol. The van der Waals surface area contributed by atoms with E-state index >= 15 is 0 Å². The van der Waals surface area contributed by atoms with Crippen LogP contribution in [0.15, 0.2) is 48.7 Å². The molecule has 20 heavy (non-hydrogen) atoms. The first-order valence-corrected chi connectivity index (χ1v) is 6.55. The Morgan fingerprint density at radius 2 is 1.95 bits per heavy atom. The van der Waals surface area contributed by atoms with E-state index < -0.39 is 0 Å². The van der Waals surface area contributed by atoms with E-state index in [0.29, 0.717) is 6.61 Å². The normalized spacial score (nSPS) is 10.8. The van der Waals surface area contributed by atoms with Gasteiger partial charge in [0.05, 0.1) is 6.61 Å². The third kappa shape index (κ3) is 2.59. The smallest absolute Gasteiger partial charge is 0.119 e. The molecule has 0 radical (unpaired) electrons. The first-order chi connectivity index (χ1) is 9.72. The summed E-state index contributed by atoms with van der Waals surface area (Å²) in [6.45, 7) is 0.601. The van der Waals surface area contributed by atoms with Crippen molar-refractivity contribution in [1.29, 1.82) is 0 Å². The minimum Gasteiger partial charge on any atom is -0.508 e. The highest BCUT2D eigenvalue weighted by atomic mass is 16.5. The van der Waals surface area contributed by atoms with Gasteiger partial charge in [0, 0.05) is 25.4 Å². The molecule has 1 N–H and O–H groups in total. The van der Waals surface area contributed by atoms with Crippen LogP contribution in [0.3, 0.4) is 0 Å². The second-order valence-electron chi connectivity index (χ2n) is 4.74. The highest BCUT2D eigenvalue weighted by Gasteiger charge is 2.01. The van der Waals surface area contributed by atoms with Crippen LogP contribution in [-0.2, 0) is 13.5 Å². The summed E-state index contributed by atoms with van der Waals surface area (Å²) in [6, 6.07) is 13.2. The maximum atomic E-state index is 9.50. The molecule has 0 atom stereocenters. The van der Waals surface area contributed by atoms with E-state index in [4.69, 9.17) is 4.74 Å². The summed E-state index contributed by atoms with van der Waals surface area (Å²) in [5.74, 6) is 1.08. The van der Waals surface area contributed by atoms with Crippen LogP contribution in [0.5, 0.6) is 11.5 Å². The van der Waals surface area contributed by atoms with Crippen molar-refractivity contribution in [2.75, 3.05) is 6.61 Å². The molecule has 0 saturated carbocycles. The molecule has 1 heterocycles. The zero-order valence-electron chi connectivity index (χ0n) is 11.3. The Hall–Kier alpha value is -2.49. The number of aromatic hydroxyl groups is 1. The Labute approximate surface area is 117 Å². The molecular weight excluding hydrogens is 252 g/mol. The van der Waals surface area contributed by atoms with E-state index in [9.17, 15) is 5.11 Å². The molecule has 4 nitrogen and oxygen atoms in total. The average molecular weight is 268 g/mol. The Kier molecular flexibility index (Phi) is 3.29. The minimum atomic E-state index is 0.268. The molecule has 0 unspecified atom stereocenters. The topological polar surface area (TPSA) is 47.3 Å². The zero-order valence-corrected chi connectivity index (χ0v) is 11.3. The van der Waals surface area contributed by atoms with E-state index in [-0.39, 0.29) is 5.75 Å². The molecule has 0 fully saturated rings. The van der Waals surface area contributed by atoms with Gasteiger partial charge in [0.2, 0.25) is 0 Å². The van der Waals surface area contributed by atoms with Gasteiger partial charge in [0.25, 0.3) is 0 Å². The maximum Gasteiger partial charge on any atom is 0.119 e. The molecule has 0 aliphatic carbocycles. The fraction of sp³-hybridized carbons (Fsp3) is 0.188. The number of hydrogen-bond acceptors (Lipinski definition) is 3. The van der Waals surface area contributed by atoms with Crippen LogP contribution in [0, 0.1) is 0 Å². The summed E-state index contributed by atoms with van der Waals surface area (Å²) >= 11 is 0. The number of phenolic OH excluding ortho intramolecular Hbond substituents is 1. The Morgan fingerprint density at radius 3 is 2.75 bits per heavy atom. The summed E-state index contributed by atoms with van der Waals surface area (Å²) in [7, 11) is 1.92. The Balaban J connectivity index is 1.70. The van der Waals surface area contributed by atoms with Crippen molar-refractivity contribution >= 4 is 10.8 Å². The van der Waals surface area contributed by atoms with Gasteiger partial charge in [-0.25, -0.2) is 0 Å². The molecule has 4 heteroatoms. The fourth-order valence-electron chi connectivity index (χ4n) is 2.22. The molecule has 0 aliphatic rings. The summed E-state index contributed by atoms with van der Waals surface area (Å²) < 4.78 is 7.61. The van der Waals surface area contributed by atoms with E-state index in [1.54, 1.807) is 18.3 Å². The molecule has 0 bridgehead atoms. The van der Waals surface area contributed by atoms with Crippen molar-refractivity contribution in [3.63, 3.8) is 0 Å². The number of aromatic nitrogens is 2. The van der Waals surface area contributed by atoms with Gasteiger partial charge in [-0.3, -0.25) is 4.68 Å². The molecule has 0 saturated heterocycles. The molecule has 0 amide bonds. The Morgan fingerprint density at radius 1 is 1.10 bits per heavy atom. The van der Waals surface area contributed by atoms with Crippen molar-refractivity contribution < 1.29 is 9.84 Å². The number of ether oxygens (including phenoxy) is 1. The lowest BCUT2D eigenvalue weighted by Gasteiger charge is -2.08. The van der Waals surface area contributed by atoms with E-state index in [2.05, 4.69) is 5.10 Å². The monoisotopic (exact) mass is 268 g/mol. The number of fused-ring (bicyclic) bond motifs is 1. The lowest BCUT2D eigenvalue weighted by atomic mass is 10.1. The van der Waals surface area contributed by atoms with Gasteiger partial charge in [-0.2, -0.15) is 5.10 Å². The lowest BCUT2D eigenvalue weighted by Crippen LogP contribution is -2.05. The SMILES string of the molecule is Cn1nccc1CCOc1ccc2ccc(O)cc2c1. The minimum absolute atomic E-state index is 0.268. The molecule has 1 aromatic heterocycles.